The molecule has 2 aromatic heterocycles. The SMILES string of the molecule is Nc1nc(COC(=O)C2COCCO2)nc2sc3c(c12)CCCCC3. The second-order valence-electron chi connectivity index (χ2n) is 6.31. The normalized spacial score (nSPS) is 20.9. The Hall–Kier alpha value is -1.77. The van der Waals surface area contributed by atoms with Crippen molar-refractivity contribution in [1.29, 1.82) is 0 Å². The number of nitrogens with zero attached hydrogens (tertiary/aromatic N) is 2. The van der Waals surface area contributed by atoms with Gasteiger partial charge in [0.25, 0.3) is 0 Å². The highest BCUT2D eigenvalue weighted by Crippen LogP contribution is 2.37. The van der Waals surface area contributed by atoms with Crippen LogP contribution in [0.3, 0.4) is 0 Å². The number of anilines is 1. The zero-order chi connectivity index (χ0) is 17.2. The fourth-order valence-electron chi connectivity index (χ4n) is 3.33. The lowest BCUT2D eigenvalue weighted by atomic mass is 10.1. The van der Waals surface area contributed by atoms with Crippen molar-refractivity contribution in [3.63, 3.8) is 0 Å². The molecule has 7 nitrogen and oxygen atoms in total. The monoisotopic (exact) mass is 363 g/mol. The molecular formula is C17H21N3O4S. The number of thiophene rings is 1. The Balaban J connectivity index is 1.52. The summed E-state index contributed by atoms with van der Waals surface area (Å²) in [4.78, 5) is 23.2. The van der Waals surface area contributed by atoms with Gasteiger partial charge >= 0.3 is 5.97 Å². The van der Waals surface area contributed by atoms with E-state index in [0.29, 0.717) is 24.9 Å². The molecule has 3 heterocycles. The van der Waals surface area contributed by atoms with Crippen molar-refractivity contribution in [3.8, 4) is 0 Å². The lowest BCUT2D eigenvalue weighted by Gasteiger charge is -2.21. The number of hydrogen-bond acceptors (Lipinski definition) is 8. The third kappa shape index (κ3) is 3.47. The van der Waals surface area contributed by atoms with Crippen LogP contribution in [0.5, 0.6) is 0 Å². The molecule has 2 aliphatic rings. The largest absolute Gasteiger partial charge is 0.455 e. The summed E-state index contributed by atoms with van der Waals surface area (Å²) in [6.07, 6.45) is 5.09. The number of hydrogen-bond donors (Lipinski definition) is 1. The molecule has 2 aromatic rings. The number of carbonyl (C=O) groups excluding carboxylic acids is 1. The maximum atomic E-state index is 12.0. The van der Waals surface area contributed by atoms with Crippen LogP contribution >= 0.6 is 11.3 Å². The molecule has 8 heteroatoms. The van der Waals surface area contributed by atoms with E-state index in [-0.39, 0.29) is 13.2 Å². The second-order valence-corrected chi connectivity index (χ2v) is 7.40. The average molecular weight is 363 g/mol. The summed E-state index contributed by atoms with van der Waals surface area (Å²) in [5.74, 6) is 0.447. The van der Waals surface area contributed by atoms with Crippen LogP contribution < -0.4 is 5.73 Å². The number of rotatable bonds is 3. The van der Waals surface area contributed by atoms with E-state index < -0.39 is 12.1 Å². The summed E-state index contributed by atoms with van der Waals surface area (Å²) in [5.41, 5.74) is 7.51. The van der Waals surface area contributed by atoms with Crippen LogP contribution in [0.25, 0.3) is 10.2 Å². The molecule has 0 radical (unpaired) electrons. The molecule has 1 atom stereocenters. The topological polar surface area (TPSA) is 96.6 Å². The highest BCUT2D eigenvalue weighted by molar-refractivity contribution is 7.19. The van der Waals surface area contributed by atoms with Gasteiger partial charge in [0.1, 0.15) is 10.6 Å². The molecule has 1 saturated heterocycles. The first kappa shape index (κ1) is 16.7. The van der Waals surface area contributed by atoms with Crippen LogP contribution in [0.15, 0.2) is 0 Å². The van der Waals surface area contributed by atoms with E-state index in [1.807, 2.05) is 0 Å². The van der Waals surface area contributed by atoms with Gasteiger partial charge in [-0.25, -0.2) is 14.8 Å². The average Bonchev–Trinajstić information content (AvgIpc) is 2.82. The van der Waals surface area contributed by atoms with Crippen LogP contribution in [0.4, 0.5) is 5.82 Å². The Morgan fingerprint density at radius 1 is 1.24 bits per heavy atom. The first-order valence-corrected chi connectivity index (χ1v) is 9.46. The third-order valence-electron chi connectivity index (χ3n) is 4.56. The zero-order valence-corrected chi connectivity index (χ0v) is 14.8. The van der Waals surface area contributed by atoms with E-state index in [1.165, 1.54) is 29.7 Å². The van der Waals surface area contributed by atoms with Gasteiger partial charge in [0, 0.05) is 4.88 Å². The molecular weight excluding hydrogens is 342 g/mol. The van der Waals surface area contributed by atoms with Crippen molar-refractivity contribution in [2.24, 2.45) is 0 Å². The highest BCUT2D eigenvalue weighted by Gasteiger charge is 2.25. The summed E-state index contributed by atoms with van der Waals surface area (Å²) < 4.78 is 15.8. The molecule has 0 bridgehead atoms. The maximum absolute atomic E-state index is 12.0. The van der Waals surface area contributed by atoms with Gasteiger partial charge in [-0.05, 0) is 31.2 Å². The van der Waals surface area contributed by atoms with Gasteiger partial charge in [-0.1, -0.05) is 6.42 Å². The van der Waals surface area contributed by atoms with Crippen LogP contribution in [0, 0.1) is 0 Å². The summed E-state index contributed by atoms with van der Waals surface area (Å²) in [5, 5.41) is 0.987. The summed E-state index contributed by atoms with van der Waals surface area (Å²) in [6.45, 7) is 1.11. The lowest BCUT2D eigenvalue weighted by molar-refractivity contribution is -0.172. The smallest absolute Gasteiger partial charge is 0.338 e. The van der Waals surface area contributed by atoms with E-state index >= 15 is 0 Å². The molecule has 0 saturated carbocycles. The van der Waals surface area contributed by atoms with Crippen molar-refractivity contribution < 1.29 is 19.0 Å². The predicted octanol–water partition coefficient (Wildman–Crippen LogP) is 2.00. The van der Waals surface area contributed by atoms with E-state index in [2.05, 4.69) is 9.97 Å². The molecule has 0 aromatic carbocycles. The van der Waals surface area contributed by atoms with Crippen LogP contribution in [0.2, 0.25) is 0 Å². The van der Waals surface area contributed by atoms with Gasteiger partial charge in [-0.15, -0.1) is 11.3 Å². The number of carbonyl (C=O) groups is 1. The molecule has 0 amide bonds. The van der Waals surface area contributed by atoms with Crippen molar-refractivity contribution in [3.05, 3.63) is 16.3 Å². The Morgan fingerprint density at radius 2 is 2.12 bits per heavy atom. The molecule has 134 valence electrons. The van der Waals surface area contributed by atoms with Crippen LogP contribution in [-0.2, 0) is 38.5 Å². The standard InChI is InChI=1S/C17H21N3O4S/c18-15-14-10-4-2-1-3-5-12(10)25-16(14)20-13(19-15)9-24-17(21)11-8-22-6-7-23-11/h11H,1-9H2,(H2,18,19,20). The van der Waals surface area contributed by atoms with Gasteiger partial charge in [-0.2, -0.15) is 0 Å². The van der Waals surface area contributed by atoms with Crippen molar-refractivity contribution in [2.45, 2.75) is 44.8 Å². The molecule has 1 fully saturated rings. The van der Waals surface area contributed by atoms with Gasteiger partial charge in [0.15, 0.2) is 18.5 Å². The molecule has 25 heavy (non-hydrogen) atoms. The predicted molar refractivity (Wildman–Crippen MR) is 93.4 cm³/mol. The minimum Gasteiger partial charge on any atom is -0.455 e. The lowest BCUT2D eigenvalue weighted by Crippen LogP contribution is -2.36. The maximum Gasteiger partial charge on any atom is 0.338 e. The number of aryl methyl sites for hydroxylation is 2. The molecule has 1 aliphatic carbocycles. The van der Waals surface area contributed by atoms with E-state index in [4.69, 9.17) is 19.9 Å². The van der Waals surface area contributed by atoms with Crippen molar-refractivity contribution in [2.75, 3.05) is 25.6 Å². The Labute approximate surface area is 149 Å². The number of ether oxygens (including phenoxy) is 3. The van der Waals surface area contributed by atoms with Gasteiger partial charge in [0.05, 0.1) is 25.2 Å². The minimum atomic E-state index is -0.673. The van der Waals surface area contributed by atoms with Crippen LogP contribution in [-0.4, -0.2) is 41.9 Å². The van der Waals surface area contributed by atoms with Gasteiger partial charge < -0.3 is 19.9 Å². The summed E-state index contributed by atoms with van der Waals surface area (Å²) >= 11 is 1.69. The van der Waals surface area contributed by atoms with Crippen LogP contribution in [0.1, 0.15) is 35.5 Å². The Bertz CT molecular complexity index is 786. The van der Waals surface area contributed by atoms with Gasteiger partial charge in [-0.3, -0.25) is 0 Å². The fourth-order valence-corrected chi connectivity index (χ4v) is 4.61. The highest BCUT2D eigenvalue weighted by atomic mass is 32.1. The minimum absolute atomic E-state index is 0.0125. The van der Waals surface area contributed by atoms with E-state index in [0.717, 1.165) is 23.1 Å². The first-order chi connectivity index (χ1) is 12.2. The van der Waals surface area contributed by atoms with Crippen molar-refractivity contribution in [1.82, 2.24) is 9.97 Å². The quantitative estimate of drug-likeness (QED) is 0.658. The second kappa shape index (κ2) is 7.23. The Morgan fingerprint density at radius 3 is 2.96 bits per heavy atom. The number of fused-ring (bicyclic) bond motifs is 3. The molecule has 1 aliphatic heterocycles. The summed E-state index contributed by atoms with van der Waals surface area (Å²) in [6, 6.07) is 0. The van der Waals surface area contributed by atoms with Crippen molar-refractivity contribution >= 4 is 33.3 Å². The number of aromatic nitrogens is 2. The van der Waals surface area contributed by atoms with E-state index in [9.17, 15) is 4.79 Å². The fraction of sp³-hybridized carbons (Fsp3) is 0.588. The third-order valence-corrected chi connectivity index (χ3v) is 5.75. The molecule has 1 unspecified atom stereocenters. The van der Waals surface area contributed by atoms with Gasteiger partial charge in [0.2, 0.25) is 0 Å². The summed E-state index contributed by atoms with van der Waals surface area (Å²) in [7, 11) is 0. The number of nitrogens with two attached hydrogens (primary N) is 1. The molecule has 2 N–H and O–H groups in total. The number of esters is 1. The van der Waals surface area contributed by atoms with E-state index in [1.54, 1.807) is 11.3 Å². The molecule has 0 spiro atoms. The first-order valence-electron chi connectivity index (χ1n) is 8.65. The zero-order valence-electron chi connectivity index (χ0n) is 14.0. The number of nitrogen functional groups attached to an aromatic ring is 1. The molecule has 4 rings (SSSR count). The Kier molecular flexibility index (Phi) is 4.82.